The van der Waals surface area contributed by atoms with Crippen molar-refractivity contribution < 1.29 is 0 Å². The number of thioether (sulfide) groups is 1. The molecule has 2 heterocycles. The lowest BCUT2D eigenvalue weighted by molar-refractivity contribution is 0.879. The molecule has 3 aromatic rings. The van der Waals surface area contributed by atoms with Gasteiger partial charge in [-0.1, -0.05) is 35.5 Å². The Hall–Kier alpha value is -1.59. The smallest absolute Gasteiger partial charge is 0.220 e. The average molecular weight is 277 g/mol. The summed E-state index contributed by atoms with van der Waals surface area (Å²) in [7, 11) is 0. The molecule has 0 saturated heterocycles. The molecule has 0 saturated carbocycles. The molecule has 0 spiro atoms. The SMILES string of the molecule is Clc1cccc(CSc2nc3ncccn3n2)c1. The van der Waals surface area contributed by atoms with Crippen LogP contribution < -0.4 is 0 Å². The van der Waals surface area contributed by atoms with Crippen molar-refractivity contribution in [3.63, 3.8) is 0 Å². The molecule has 0 aliphatic carbocycles. The molecular weight excluding hydrogens is 268 g/mol. The highest BCUT2D eigenvalue weighted by molar-refractivity contribution is 7.98. The highest BCUT2D eigenvalue weighted by Gasteiger charge is 2.04. The zero-order valence-corrected chi connectivity index (χ0v) is 10.9. The van der Waals surface area contributed by atoms with Gasteiger partial charge in [-0.05, 0) is 23.8 Å². The topological polar surface area (TPSA) is 43.1 Å². The second kappa shape index (κ2) is 4.96. The van der Waals surface area contributed by atoms with Gasteiger partial charge in [0.2, 0.25) is 5.16 Å². The molecule has 6 heteroatoms. The van der Waals surface area contributed by atoms with Crippen molar-refractivity contribution in [1.29, 1.82) is 0 Å². The van der Waals surface area contributed by atoms with Gasteiger partial charge in [-0.15, -0.1) is 5.10 Å². The van der Waals surface area contributed by atoms with Crippen molar-refractivity contribution >= 4 is 29.1 Å². The first-order valence-corrected chi connectivity index (χ1v) is 6.72. The number of hydrogen-bond acceptors (Lipinski definition) is 4. The van der Waals surface area contributed by atoms with E-state index in [9.17, 15) is 0 Å². The molecule has 2 aromatic heterocycles. The molecule has 0 aliphatic rings. The third kappa shape index (κ3) is 2.47. The Kier molecular flexibility index (Phi) is 3.17. The highest BCUT2D eigenvalue weighted by Crippen LogP contribution is 2.21. The number of rotatable bonds is 3. The predicted octanol–water partition coefficient (Wildman–Crippen LogP) is 3.07. The van der Waals surface area contributed by atoms with Gasteiger partial charge in [0.1, 0.15) is 0 Å². The van der Waals surface area contributed by atoms with Gasteiger partial charge in [0, 0.05) is 23.2 Å². The maximum Gasteiger partial charge on any atom is 0.253 e. The molecule has 0 unspecified atom stereocenters. The van der Waals surface area contributed by atoms with Crippen molar-refractivity contribution in [3.05, 3.63) is 53.3 Å². The van der Waals surface area contributed by atoms with Crippen LogP contribution in [-0.4, -0.2) is 19.6 Å². The average Bonchev–Trinajstić information content (AvgIpc) is 2.79. The van der Waals surface area contributed by atoms with Gasteiger partial charge in [-0.2, -0.15) is 4.98 Å². The van der Waals surface area contributed by atoms with Gasteiger partial charge in [-0.25, -0.2) is 9.50 Å². The third-order valence-corrected chi connectivity index (χ3v) is 3.50. The molecule has 0 bridgehead atoms. The number of aromatic nitrogens is 4. The van der Waals surface area contributed by atoms with Crippen LogP contribution in [0.2, 0.25) is 5.02 Å². The molecule has 18 heavy (non-hydrogen) atoms. The van der Waals surface area contributed by atoms with E-state index in [0.717, 1.165) is 16.3 Å². The number of hydrogen-bond donors (Lipinski definition) is 0. The molecule has 0 N–H and O–H groups in total. The molecule has 1 aromatic carbocycles. The summed E-state index contributed by atoms with van der Waals surface area (Å²) in [4.78, 5) is 8.45. The predicted molar refractivity (Wildman–Crippen MR) is 71.8 cm³/mol. The second-order valence-corrected chi connectivity index (χ2v) is 5.06. The van der Waals surface area contributed by atoms with Gasteiger partial charge in [0.15, 0.2) is 0 Å². The lowest BCUT2D eigenvalue weighted by atomic mass is 10.2. The summed E-state index contributed by atoms with van der Waals surface area (Å²) in [5.74, 6) is 1.41. The molecule has 4 nitrogen and oxygen atoms in total. The first-order chi connectivity index (χ1) is 8.81. The van der Waals surface area contributed by atoms with Gasteiger partial charge in [0.05, 0.1) is 0 Å². The molecular formula is C12H9ClN4S. The molecule has 0 radical (unpaired) electrons. The van der Waals surface area contributed by atoms with Gasteiger partial charge < -0.3 is 0 Å². The lowest BCUT2D eigenvalue weighted by Crippen LogP contribution is -1.87. The van der Waals surface area contributed by atoms with Crippen LogP contribution in [-0.2, 0) is 5.75 Å². The van der Waals surface area contributed by atoms with Crippen molar-refractivity contribution in [2.45, 2.75) is 10.9 Å². The van der Waals surface area contributed by atoms with Crippen molar-refractivity contribution in [3.8, 4) is 0 Å². The van der Waals surface area contributed by atoms with E-state index in [-0.39, 0.29) is 0 Å². The highest BCUT2D eigenvalue weighted by atomic mass is 35.5. The molecule has 3 rings (SSSR count). The van der Waals surface area contributed by atoms with Crippen LogP contribution in [0.4, 0.5) is 0 Å². The van der Waals surface area contributed by atoms with E-state index in [4.69, 9.17) is 11.6 Å². The Balaban J connectivity index is 1.76. The largest absolute Gasteiger partial charge is 0.253 e. The minimum absolute atomic E-state index is 0.617. The Morgan fingerprint density at radius 1 is 1.28 bits per heavy atom. The van der Waals surface area contributed by atoms with Crippen LogP contribution >= 0.6 is 23.4 Å². The summed E-state index contributed by atoms with van der Waals surface area (Å²) in [6.45, 7) is 0. The van der Waals surface area contributed by atoms with Crippen LogP contribution in [0.25, 0.3) is 5.78 Å². The zero-order chi connectivity index (χ0) is 12.4. The Labute approximate surface area is 113 Å². The summed E-state index contributed by atoms with van der Waals surface area (Å²) < 4.78 is 1.67. The minimum Gasteiger partial charge on any atom is -0.220 e. The van der Waals surface area contributed by atoms with Crippen LogP contribution in [0.15, 0.2) is 47.9 Å². The van der Waals surface area contributed by atoms with Gasteiger partial charge in [-0.3, -0.25) is 0 Å². The van der Waals surface area contributed by atoms with E-state index in [1.54, 1.807) is 22.5 Å². The lowest BCUT2D eigenvalue weighted by Gasteiger charge is -1.98. The fraction of sp³-hybridized carbons (Fsp3) is 0.0833. The van der Waals surface area contributed by atoms with Gasteiger partial charge in [0.25, 0.3) is 5.78 Å². The Morgan fingerprint density at radius 3 is 3.06 bits per heavy atom. The quantitative estimate of drug-likeness (QED) is 0.690. The van der Waals surface area contributed by atoms with Gasteiger partial charge >= 0.3 is 0 Å². The molecule has 90 valence electrons. The van der Waals surface area contributed by atoms with Crippen LogP contribution in [0.5, 0.6) is 0 Å². The van der Waals surface area contributed by atoms with Crippen molar-refractivity contribution in [2.75, 3.05) is 0 Å². The monoisotopic (exact) mass is 276 g/mol. The summed E-state index contributed by atoms with van der Waals surface area (Å²) in [5, 5.41) is 5.79. The number of benzene rings is 1. The second-order valence-electron chi connectivity index (χ2n) is 3.68. The summed E-state index contributed by atoms with van der Waals surface area (Å²) in [6, 6.07) is 9.61. The fourth-order valence-corrected chi connectivity index (χ4v) is 2.53. The minimum atomic E-state index is 0.617. The summed E-state index contributed by atoms with van der Waals surface area (Å²) >= 11 is 7.50. The first-order valence-electron chi connectivity index (χ1n) is 5.36. The van der Waals surface area contributed by atoms with Crippen molar-refractivity contribution in [2.24, 2.45) is 0 Å². The number of nitrogens with zero attached hydrogens (tertiary/aromatic N) is 4. The first kappa shape index (κ1) is 11.5. The van der Waals surface area contributed by atoms with E-state index < -0.39 is 0 Å². The third-order valence-electron chi connectivity index (χ3n) is 2.35. The van der Waals surface area contributed by atoms with E-state index in [0.29, 0.717) is 10.9 Å². The molecule has 0 fully saturated rings. The standard InChI is InChI=1S/C12H9ClN4S/c13-10-4-1-3-9(7-10)8-18-12-15-11-14-5-2-6-17(11)16-12/h1-7H,8H2. The molecule has 0 amide bonds. The van der Waals surface area contributed by atoms with E-state index in [1.807, 2.05) is 36.5 Å². The number of halogens is 1. The normalized spacial score (nSPS) is 10.9. The van der Waals surface area contributed by atoms with E-state index >= 15 is 0 Å². The van der Waals surface area contributed by atoms with E-state index in [1.165, 1.54) is 0 Å². The van der Waals surface area contributed by atoms with Crippen molar-refractivity contribution in [1.82, 2.24) is 19.6 Å². The summed E-state index contributed by atoms with van der Waals surface area (Å²) in [6.07, 6.45) is 3.54. The number of fused-ring (bicyclic) bond motifs is 1. The van der Waals surface area contributed by atoms with Crippen LogP contribution in [0.1, 0.15) is 5.56 Å². The Bertz CT molecular complexity index is 649. The molecule has 0 aliphatic heterocycles. The summed E-state index contributed by atoms with van der Waals surface area (Å²) in [5.41, 5.74) is 1.15. The fourth-order valence-electron chi connectivity index (χ4n) is 1.55. The maximum atomic E-state index is 5.94. The van der Waals surface area contributed by atoms with Crippen LogP contribution in [0, 0.1) is 0 Å². The van der Waals surface area contributed by atoms with E-state index in [2.05, 4.69) is 15.1 Å². The molecule has 0 atom stereocenters. The maximum absolute atomic E-state index is 5.94. The Morgan fingerprint density at radius 2 is 2.22 bits per heavy atom. The van der Waals surface area contributed by atoms with Crippen LogP contribution in [0.3, 0.4) is 0 Å². The zero-order valence-electron chi connectivity index (χ0n) is 9.32.